The maximum atomic E-state index is 13.5. The highest BCUT2D eigenvalue weighted by atomic mass is 19.1. The molecular weight excluding hydrogens is 252 g/mol. The van der Waals surface area contributed by atoms with E-state index in [2.05, 4.69) is 5.32 Å². The second-order valence-electron chi connectivity index (χ2n) is 5.64. The minimum Gasteiger partial charge on any atom is -0.391 e. The quantitative estimate of drug-likeness (QED) is 0.888. The van der Waals surface area contributed by atoms with Gasteiger partial charge in [-0.25, -0.2) is 8.78 Å². The van der Waals surface area contributed by atoms with E-state index in [1.165, 1.54) is 0 Å². The van der Waals surface area contributed by atoms with Crippen molar-refractivity contribution in [3.8, 4) is 0 Å². The van der Waals surface area contributed by atoms with Gasteiger partial charge in [-0.05, 0) is 24.5 Å². The van der Waals surface area contributed by atoms with Gasteiger partial charge >= 0.3 is 0 Å². The van der Waals surface area contributed by atoms with E-state index in [1.54, 1.807) is 0 Å². The number of hydrogen-bond acceptors (Lipinski definition) is 2. The number of carbonyl (C=O) groups is 1. The van der Waals surface area contributed by atoms with Crippen molar-refractivity contribution in [3.63, 3.8) is 0 Å². The fourth-order valence-electron chi connectivity index (χ4n) is 1.38. The molecule has 0 bridgehead atoms. The largest absolute Gasteiger partial charge is 0.391 e. The van der Waals surface area contributed by atoms with Crippen LogP contribution in [0.25, 0.3) is 0 Å². The Bertz CT molecular complexity index is 458. The van der Waals surface area contributed by atoms with Gasteiger partial charge in [0.1, 0.15) is 11.6 Å². The van der Waals surface area contributed by atoms with E-state index in [0.29, 0.717) is 0 Å². The van der Waals surface area contributed by atoms with Gasteiger partial charge in [-0.2, -0.15) is 0 Å². The summed E-state index contributed by atoms with van der Waals surface area (Å²) in [6, 6.07) is 1.71. The van der Waals surface area contributed by atoms with Crippen LogP contribution < -0.4 is 5.32 Å². The summed E-state index contributed by atoms with van der Waals surface area (Å²) in [5, 5.41) is 11.5. The number of benzene rings is 1. The molecule has 3 nitrogen and oxygen atoms in total. The van der Waals surface area contributed by atoms with E-state index in [1.807, 2.05) is 27.7 Å². The summed E-state index contributed by atoms with van der Waals surface area (Å²) in [6.45, 7) is 6.95. The first kappa shape index (κ1) is 15.6. The molecule has 0 aliphatic rings. The van der Waals surface area contributed by atoms with E-state index in [0.717, 1.165) is 12.1 Å². The predicted molar refractivity (Wildman–Crippen MR) is 68.7 cm³/mol. The average molecular weight is 271 g/mol. The highest BCUT2D eigenvalue weighted by Crippen LogP contribution is 2.20. The molecule has 1 atom stereocenters. The lowest BCUT2D eigenvalue weighted by Crippen LogP contribution is -2.41. The minimum absolute atomic E-state index is 0.0942. The molecule has 0 radical (unpaired) electrons. The van der Waals surface area contributed by atoms with Crippen molar-refractivity contribution in [2.45, 2.75) is 40.3 Å². The molecule has 0 aliphatic carbocycles. The van der Waals surface area contributed by atoms with Crippen LogP contribution in [-0.4, -0.2) is 17.1 Å². The lowest BCUT2D eigenvalue weighted by molar-refractivity contribution is 0.0909. The molecule has 0 saturated carbocycles. The molecule has 106 valence electrons. The molecule has 5 heteroatoms. The van der Waals surface area contributed by atoms with Crippen LogP contribution >= 0.6 is 0 Å². The zero-order valence-corrected chi connectivity index (χ0v) is 11.6. The highest BCUT2D eigenvalue weighted by Gasteiger charge is 2.23. The summed E-state index contributed by atoms with van der Waals surface area (Å²) in [6.07, 6.45) is 0. The van der Waals surface area contributed by atoms with Crippen molar-refractivity contribution in [2.75, 3.05) is 0 Å². The molecule has 0 aromatic heterocycles. The lowest BCUT2D eigenvalue weighted by atomic mass is 9.88. The first-order valence-electron chi connectivity index (χ1n) is 6.06. The van der Waals surface area contributed by atoms with E-state index in [9.17, 15) is 13.6 Å². The molecule has 1 amide bonds. The highest BCUT2D eigenvalue weighted by molar-refractivity contribution is 5.94. The van der Waals surface area contributed by atoms with Gasteiger partial charge in [-0.3, -0.25) is 4.79 Å². The van der Waals surface area contributed by atoms with Crippen molar-refractivity contribution in [2.24, 2.45) is 5.41 Å². The van der Waals surface area contributed by atoms with E-state index in [-0.39, 0.29) is 17.0 Å². The second-order valence-corrected chi connectivity index (χ2v) is 5.64. The Kier molecular flexibility index (Phi) is 4.63. The molecule has 0 heterocycles. The van der Waals surface area contributed by atoms with Crippen molar-refractivity contribution < 1.29 is 18.7 Å². The van der Waals surface area contributed by atoms with Gasteiger partial charge in [-0.1, -0.05) is 20.8 Å². The number of carbonyl (C=O) groups excluding carboxylic acids is 1. The van der Waals surface area contributed by atoms with Gasteiger partial charge in [0.15, 0.2) is 0 Å². The summed E-state index contributed by atoms with van der Waals surface area (Å²) in [7, 11) is 0. The third kappa shape index (κ3) is 3.73. The topological polar surface area (TPSA) is 49.3 Å². The first-order valence-corrected chi connectivity index (χ1v) is 6.06. The summed E-state index contributed by atoms with van der Waals surface area (Å²) < 4.78 is 26.9. The molecule has 0 unspecified atom stereocenters. The second kappa shape index (κ2) is 5.65. The summed E-state index contributed by atoms with van der Waals surface area (Å²) in [5.74, 6) is -2.38. The van der Waals surface area contributed by atoms with Gasteiger partial charge in [0.05, 0.1) is 6.61 Å². The molecule has 1 aromatic rings. The van der Waals surface area contributed by atoms with Gasteiger partial charge in [0.25, 0.3) is 5.91 Å². The number of rotatable bonds is 3. The lowest BCUT2D eigenvalue weighted by Gasteiger charge is -2.28. The fourth-order valence-corrected chi connectivity index (χ4v) is 1.38. The van der Waals surface area contributed by atoms with Gasteiger partial charge in [0.2, 0.25) is 0 Å². The Balaban J connectivity index is 2.96. The molecule has 2 N–H and O–H groups in total. The fraction of sp³-hybridized carbons (Fsp3) is 0.500. The third-order valence-electron chi connectivity index (χ3n) is 3.21. The van der Waals surface area contributed by atoms with E-state index >= 15 is 0 Å². The maximum Gasteiger partial charge on any atom is 0.251 e. The van der Waals surface area contributed by atoms with Gasteiger partial charge < -0.3 is 10.4 Å². The molecule has 0 fully saturated rings. The Morgan fingerprint density at radius 1 is 1.32 bits per heavy atom. The van der Waals surface area contributed by atoms with Crippen LogP contribution in [-0.2, 0) is 6.61 Å². The zero-order valence-electron chi connectivity index (χ0n) is 11.6. The Morgan fingerprint density at radius 2 is 1.79 bits per heavy atom. The van der Waals surface area contributed by atoms with Crippen LogP contribution in [0.1, 0.15) is 43.6 Å². The summed E-state index contributed by atoms with van der Waals surface area (Å²) in [5.41, 5.74) is -0.679. The first-order chi connectivity index (χ1) is 8.66. The van der Waals surface area contributed by atoms with E-state index < -0.39 is 29.7 Å². The molecule has 0 spiro atoms. The smallest absolute Gasteiger partial charge is 0.251 e. The third-order valence-corrected chi connectivity index (χ3v) is 3.21. The Labute approximate surface area is 111 Å². The van der Waals surface area contributed by atoms with Crippen LogP contribution in [0.4, 0.5) is 8.78 Å². The molecule has 19 heavy (non-hydrogen) atoms. The van der Waals surface area contributed by atoms with Crippen LogP contribution in [0.5, 0.6) is 0 Å². The van der Waals surface area contributed by atoms with E-state index in [4.69, 9.17) is 5.11 Å². The number of halogens is 2. The maximum absolute atomic E-state index is 13.5. The van der Waals surface area contributed by atoms with Crippen molar-refractivity contribution in [3.05, 3.63) is 34.9 Å². The summed E-state index contributed by atoms with van der Waals surface area (Å²) >= 11 is 0. The van der Waals surface area contributed by atoms with Crippen LogP contribution in [0.3, 0.4) is 0 Å². The monoisotopic (exact) mass is 271 g/mol. The predicted octanol–water partition coefficient (Wildman–Crippen LogP) is 2.62. The molecular formula is C14H19F2NO2. The molecule has 1 rings (SSSR count). The number of amides is 1. The average Bonchev–Trinajstić information content (AvgIpc) is 2.27. The van der Waals surface area contributed by atoms with Gasteiger partial charge in [0, 0.05) is 17.2 Å². The molecule has 0 saturated heterocycles. The standard InChI is InChI=1S/C14H19F2NO2/c1-8(14(2,3)4)17-13(19)9-5-11(15)10(7-18)12(16)6-9/h5-6,8,18H,7H2,1-4H3,(H,17,19)/t8-/m0/s1. The van der Waals surface area contributed by atoms with Crippen LogP contribution in [0, 0.1) is 17.0 Å². The number of nitrogens with one attached hydrogen (secondary N) is 1. The molecule has 0 aliphatic heterocycles. The summed E-state index contributed by atoms with van der Waals surface area (Å²) in [4.78, 5) is 11.9. The van der Waals surface area contributed by atoms with Gasteiger partial charge in [-0.15, -0.1) is 0 Å². The Hall–Kier alpha value is -1.49. The minimum atomic E-state index is -0.920. The van der Waals surface area contributed by atoms with Crippen LogP contribution in [0.2, 0.25) is 0 Å². The molecule has 1 aromatic carbocycles. The zero-order chi connectivity index (χ0) is 14.8. The number of aliphatic hydroxyl groups is 1. The van der Waals surface area contributed by atoms with Crippen LogP contribution in [0.15, 0.2) is 12.1 Å². The van der Waals surface area contributed by atoms with Crippen molar-refractivity contribution in [1.82, 2.24) is 5.32 Å². The number of aliphatic hydroxyl groups excluding tert-OH is 1. The van der Waals surface area contributed by atoms with Crippen molar-refractivity contribution >= 4 is 5.91 Å². The SMILES string of the molecule is C[C@H](NC(=O)c1cc(F)c(CO)c(F)c1)C(C)(C)C. The van der Waals surface area contributed by atoms with Crippen molar-refractivity contribution in [1.29, 1.82) is 0 Å². The normalized spacial score (nSPS) is 13.2. The Morgan fingerprint density at radius 3 is 2.16 bits per heavy atom. The number of hydrogen-bond donors (Lipinski definition) is 2.